The fourth-order valence-electron chi connectivity index (χ4n) is 6.81. The SMILES string of the molecule is C1=NC=C2c3cnccc3-c3nc(-c4ccccc4)n(-c4ccc(-n5c6ccccc6c6ccccc65)cc4)c3C2C1. The van der Waals surface area contributed by atoms with Gasteiger partial charge >= 0.3 is 0 Å². The molecule has 7 aromatic rings. The Balaban J connectivity index is 1.28. The van der Waals surface area contributed by atoms with E-state index in [2.05, 4.69) is 128 Å². The molecule has 9 rings (SSSR count). The molecule has 1 aliphatic heterocycles. The summed E-state index contributed by atoms with van der Waals surface area (Å²) in [5.74, 6) is 1.09. The van der Waals surface area contributed by atoms with Crippen LogP contribution < -0.4 is 0 Å². The molecule has 0 radical (unpaired) electrons. The van der Waals surface area contributed by atoms with Gasteiger partial charge in [-0.2, -0.15) is 0 Å². The lowest BCUT2D eigenvalue weighted by Gasteiger charge is -2.29. The highest BCUT2D eigenvalue weighted by Gasteiger charge is 2.36. The normalized spacial score (nSPS) is 15.3. The van der Waals surface area contributed by atoms with Crippen molar-refractivity contribution in [2.75, 3.05) is 0 Å². The molecule has 2 aliphatic rings. The van der Waals surface area contributed by atoms with E-state index in [1.807, 2.05) is 24.8 Å². The van der Waals surface area contributed by atoms with Gasteiger partial charge in [-0.3, -0.25) is 14.5 Å². The molecule has 4 aromatic carbocycles. The summed E-state index contributed by atoms with van der Waals surface area (Å²) in [6.45, 7) is 0. The topological polar surface area (TPSA) is 48.0 Å². The maximum atomic E-state index is 5.34. The molecule has 1 aliphatic carbocycles. The van der Waals surface area contributed by atoms with Gasteiger partial charge in [-0.15, -0.1) is 0 Å². The van der Waals surface area contributed by atoms with Gasteiger partial charge in [-0.25, -0.2) is 4.98 Å². The second kappa shape index (κ2) is 8.98. The van der Waals surface area contributed by atoms with Crippen molar-refractivity contribution in [3.8, 4) is 34.0 Å². The number of allylic oxidation sites excluding steroid dienone is 1. The van der Waals surface area contributed by atoms with Crippen LogP contribution in [-0.4, -0.2) is 25.3 Å². The molecule has 0 fully saturated rings. The molecule has 5 nitrogen and oxygen atoms in total. The van der Waals surface area contributed by atoms with Crippen LogP contribution >= 0.6 is 0 Å². The van der Waals surface area contributed by atoms with Crippen LogP contribution in [0.2, 0.25) is 0 Å². The van der Waals surface area contributed by atoms with Gasteiger partial charge in [0.05, 0.1) is 22.4 Å². The van der Waals surface area contributed by atoms with E-state index in [4.69, 9.17) is 4.98 Å². The highest BCUT2D eigenvalue weighted by atomic mass is 15.1. The van der Waals surface area contributed by atoms with Crippen molar-refractivity contribution >= 4 is 33.6 Å². The number of rotatable bonds is 3. The first-order valence-corrected chi connectivity index (χ1v) is 14.3. The number of benzene rings is 4. The number of pyridine rings is 1. The molecule has 0 amide bonds. The summed E-state index contributed by atoms with van der Waals surface area (Å²) >= 11 is 0. The molecule has 1 unspecified atom stereocenters. The van der Waals surface area contributed by atoms with Crippen LogP contribution in [0.15, 0.2) is 133 Å². The number of aromatic nitrogens is 4. The number of imidazole rings is 1. The number of hydrogen-bond donors (Lipinski definition) is 0. The molecule has 42 heavy (non-hydrogen) atoms. The molecule has 0 N–H and O–H groups in total. The summed E-state index contributed by atoms with van der Waals surface area (Å²) < 4.78 is 4.72. The van der Waals surface area contributed by atoms with Gasteiger partial charge in [-0.1, -0.05) is 66.7 Å². The van der Waals surface area contributed by atoms with Crippen LogP contribution in [0, 0.1) is 0 Å². The van der Waals surface area contributed by atoms with Gasteiger partial charge in [-0.05, 0) is 54.5 Å². The van der Waals surface area contributed by atoms with Crippen LogP contribution in [0.25, 0.3) is 61.4 Å². The third-order valence-corrected chi connectivity index (χ3v) is 8.64. The summed E-state index contributed by atoms with van der Waals surface area (Å²) in [6.07, 6.45) is 8.66. The highest BCUT2D eigenvalue weighted by molar-refractivity contribution is 6.09. The van der Waals surface area contributed by atoms with Gasteiger partial charge in [0.25, 0.3) is 0 Å². The maximum absolute atomic E-state index is 5.34. The van der Waals surface area contributed by atoms with E-state index in [9.17, 15) is 0 Å². The summed E-state index contributed by atoms with van der Waals surface area (Å²) in [5, 5.41) is 2.53. The van der Waals surface area contributed by atoms with Crippen molar-refractivity contribution in [2.45, 2.75) is 12.3 Å². The Bertz CT molecular complexity index is 2160. The van der Waals surface area contributed by atoms with Crippen molar-refractivity contribution in [1.29, 1.82) is 0 Å². The van der Waals surface area contributed by atoms with E-state index in [0.29, 0.717) is 0 Å². The van der Waals surface area contributed by atoms with E-state index >= 15 is 0 Å². The number of aliphatic imine (C=N–C) groups is 1. The van der Waals surface area contributed by atoms with Crippen LogP contribution in [0.4, 0.5) is 0 Å². The molecule has 0 bridgehead atoms. The smallest absolute Gasteiger partial charge is 0.145 e. The Labute approximate surface area is 242 Å². The Morgan fingerprint density at radius 2 is 1.31 bits per heavy atom. The van der Waals surface area contributed by atoms with E-state index in [-0.39, 0.29) is 5.92 Å². The lowest BCUT2D eigenvalue weighted by Crippen LogP contribution is -2.17. The van der Waals surface area contributed by atoms with Crippen molar-refractivity contribution in [2.24, 2.45) is 4.99 Å². The monoisotopic (exact) mass is 539 g/mol. The predicted octanol–water partition coefficient (Wildman–Crippen LogP) is 8.61. The molecule has 0 spiro atoms. The standard InChI is InChI=1S/C37H25N5/c1-2-8-24(9-3-1)37-40-35-29-18-20-38-22-31(29)32-23-39-21-19-30(32)36(35)42(37)26-16-14-25(15-17-26)41-33-12-6-4-10-27(33)28-11-5-7-13-34(28)41/h1-18,20-23,30H,19H2. The second-order valence-corrected chi connectivity index (χ2v) is 10.9. The average Bonchev–Trinajstić information content (AvgIpc) is 3.63. The number of fused-ring (bicyclic) bond motifs is 9. The molecule has 198 valence electrons. The first-order chi connectivity index (χ1) is 20.9. The Morgan fingerprint density at radius 3 is 2.05 bits per heavy atom. The summed E-state index contributed by atoms with van der Waals surface area (Å²) in [5.41, 5.74) is 11.4. The molecule has 1 atom stereocenters. The van der Waals surface area contributed by atoms with E-state index in [1.54, 1.807) is 0 Å². The lowest BCUT2D eigenvalue weighted by atomic mass is 9.79. The van der Waals surface area contributed by atoms with E-state index in [0.717, 1.165) is 46.0 Å². The molecular weight excluding hydrogens is 514 g/mol. The zero-order valence-electron chi connectivity index (χ0n) is 22.7. The van der Waals surface area contributed by atoms with Gasteiger partial charge < -0.3 is 4.57 Å². The van der Waals surface area contributed by atoms with Gasteiger partial charge in [0, 0.05) is 69.6 Å². The van der Waals surface area contributed by atoms with Gasteiger partial charge in [0.2, 0.25) is 0 Å². The van der Waals surface area contributed by atoms with Crippen LogP contribution in [0.5, 0.6) is 0 Å². The van der Waals surface area contributed by atoms with E-state index < -0.39 is 0 Å². The molecule has 0 saturated carbocycles. The van der Waals surface area contributed by atoms with E-state index in [1.165, 1.54) is 33.1 Å². The zero-order chi connectivity index (χ0) is 27.6. The minimum Gasteiger partial charge on any atom is -0.309 e. The van der Waals surface area contributed by atoms with Crippen molar-refractivity contribution in [3.63, 3.8) is 0 Å². The van der Waals surface area contributed by atoms with Crippen LogP contribution in [0.1, 0.15) is 23.6 Å². The minimum absolute atomic E-state index is 0.149. The highest BCUT2D eigenvalue weighted by Crippen LogP contribution is 2.50. The number of hydrogen-bond acceptors (Lipinski definition) is 3. The maximum Gasteiger partial charge on any atom is 0.145 e. The Kier molecular flexibility index (Phi) is 4.96. The molecule has 4 heterocycles. The Hall–Kier alpha value is -5.55. The first-order valence-electron chi connectivity index (χ1n) is 14.3. The molecule has 0 saturated heterocycles. The van der Waals surface area contributed by atoms with Crippen molar-refractivity contribution in [3.05, 3.63) is 139 Å². The zero-order valence-corrected chi connectivity index (χ0v) is 22.7. The third-order valence-electron chi connectivity index (χ3n) is 8.64. The summed E-state index contributed by atoms with van der Waals surface area (Å²) in [4.78, 5) is 14.3. The molecular formula is C37H25N5. The Morgan fingerprint density at radius 1 is 0.643 bits per heavy atom. The lowest BCUT2D eigenvalue weighted by molar-refractivity contribution is 0.819. The quantitative estimate of drug-likeness (QED) is 0.226. The summed E-state index contributed by atoms with van der Waals surface area (Å²) in [6, 6.07) is 38.8. The van der Waals surface area contributed by atoms with Crippen molar-refractivity contribution in [1.82, 2.24) is 19.1 Å². The average molecular weight is 540 g/mol. The van der Waals surface area contributed by atoms with Gasteiger partial charge in [0.15, 0.2) is 0 Å². The van der Waals surface area contributed by atoms with Crippen LogP contribution in [0.3, 0.4) is 0 Å². The van der Waals surface area contributed by atoms with Crippen LogP contribution in [-0.2, 0) is 0 Å². The third kappa shape index (κ3) is 3.28. The summed E-state index contributed by atoms with van der Waals surface area (Å²) in [7, 11) is 0. The van der Waals surface area contributed by atoms with Gasteiger partial charge in [0.1, 0.15) is 5.82 Å². The number of para-hydroxylation sites is 2. The predicted molar refractivity (Wildman–Crippen MR) is 170 cm³/mol. The first kappa shape index (κ1) is 23.2. The molecule has 5 heteroatoms. The largest absolute Gasteiger partial charge is 0.309 e. The fourth-order valence-corrected chi connectivity index (χ4v) is 6.81. The second-order valence-electron chi connectivity index (χ2n) is 10.9. The fraction of sp³-hybridized carbons (Fsp3) is 0.0541. The number of nitrogens with zero attached hydrogens (tertiary/aromatic N) is 5. The van der Waals surface area contributed by atoms with Crippen molar-refractivity contribution < 1.29 is 0 Å². The molecule has 3 aromatic heterocycles. The minimum atomic E-state index is 0.149.